The van der Waals surface area contributed by atoms with Crippen LogP contribution in [0.3, 0.4) is 0 Å². The van der Waals surface area contributed by atoms with Crippen LogP contribution in [0, 0.1) is 0 Å². The molecular weight excluding hydrogens is 312 g/mol. The van der Waals surface area contributed by atoms with E-state index in [4.69, 9.17) is 4.74 Å². The number of nitrogens with zero attached hydrogens (tertiary/aromatic N) is 3. The SMILES string of the molecule is CCCc1nnsc1C(=O)Nc1cccc2ccc(OC)nc12. The molecular formula is C16H16N4O2S. The maximum atomic E-state index is 12.5. The number of anilines is 1. The van der Waals surface area contributed by atoms with Gasteiger partial charge in [0.2, 0.25) is 5.88 Å². The summed E-state index contributed by atoms with van der Waals surface area (Å²) in [5, 5.41) is 7.87. The third-order valence-electron chi connectivity index (χ3n) is 3.40. The highest BCUT2D eigenvalue weighted by Crippen LogP contribution is 2.25. The molecule has 0 aliphatic heterocycles. The first-order valence-electron chi connectivity index (χ1n) is 7.29. The molecule has 0 fully saturated rings. The van der Waals surface area contributed by atoms with Crippen LogP contribution in [-0.2, 0) is 6.42 Å². The van der Waals surface area contributed by atoms with E-state index in [0.717, 1.165) is 35.5 Å². The average molecular weight is 328 g/mol. The van der Waals surface area contributed by atoms with Gasteiger partial charge in [0, 0.05) is 11.5 Å². The Labute approximate surface area is 137 Å². The van der Waals surface area contributed by atoms with Gasteiger partial charge in [-0.2, -0.15) is 0 Å². The molecule has 118 valence electrons. The predicted octanol–water partition coefficient (Wildman–Crippen LogP) is 3.30. The zero-order valence-electron chi connectivity index (χ0n) is 12.9. The predicted molar refractivity (Wildman–Crippen MR) is 90.2 cm³/mol. The molecule has 0 unspecified atom stereocenters. The Hall–Kier alpha value is -2.54. The summed E-state index contributed by atoms with van der Waals surface area (Å²) in [6.07, 6.45) is 1.65. The summed E-state index contributed by atoms with van der Waals surface area (Å²) in [6.45, 7) is 2.04. The van der Waals surface area contributed by atoms with Gasteiger partial charge in [-0.25, -0.2) is 4.98 Å². The van der Waals surface area contributed by atoms with Gasteiger partial charge in [-0.1, -0.05) is 30.0 Å². The number of pyridine rings is 1. The first-order chi connectivity index (χ1) is 11.2. The number of methoxy groups -OCH3 is 1. The van der Waals surface area contributed by atoms with E-state index in [9.17, 15) is 4.79 Å². The zero-order valence-corrected chi connectivity index (χ0v) is 13.7. The number of carbonyl (C=O) groups excluding carboxylic acids is 1. The molecule has 7 heteroatoms. The molecule has 0 saturated heterocycles. The lowest BCUT2D eigenvalue weighted by Crippen LogP contribution is -2.13. The Kier molecular flexibility index (Phi) is 4.47. The number of amides is 1. The van der Waals surface area contributed by atoms with E-state index in [1.54, 1.807) is 13.2 Å². The number of ether oxygens (including phenoxy) is 1. The number of benzene rings is 1. The summed E-state index contributed by atoms with van der Waals surface area (Å²) >= 11 is 1.11. The van der Waals surface area contributed by atoms with Gasteiger partial charge in [-0.15, -0.1) is 5.10 Å². The number of carbonyl (C=O) groups is 1. The second-order valence-corrected chi connectivity index (χ2v) is 5.74. The number of para-hydroxylation sites is 1. The van der Waals surface area contributed by atoms with Crippen LogP contribution in [0.1, 0.15) is 28.7 Å². The van der Waals surface area contributed by atoms with Crippen molar-refractivity contribution in [3.05, 3.63) is 40.9 Å². The molecule has 2 aromatic heterocycles. The highest BCUT2D eigenvalue weighted by atomic mass is 32.1. The molecule has 1 aromatic carbocycles. The van der Waals surface area contributed by atoms with Crippen molar-refractivity contribution in [3.8, 4) is 5.88 Å². The molecule has 0 aliphatic carbocycles. The van der Waals surface area contributed by atoms with E-state index in [-0.39, 0.29) is 5.91 Å². The molecule has 2 heterocycles. The van der Waals surface area contributed by atoms with Gasteiger partial charge in [0.1, 0.15) is 4.88 Å². The first kappa shape index (κ1) is 15.4. The van der Waals surface area contributed by atoms with Crippen molar-refractivity contribution in [3.63, 3.8) is 0 Å². The monoisotopic (exact) mass is 328 g/mol. The van der Waals surface area contributed by atoms with Crippen molar-refractivity contribution in [1.82, 2.24) is 14.6 Å². The lowest BCUT2D eigenvalue weighted by atomic mass is 10.2. The second kappa shape index (κ2) is 6.70. The molecule has 0 saturated carbocycles. The molecule has 0 radical (unpaired) electrons. The Morgan fingerprint density at radius 3 is 2.96 bits per heavy atom. The Bertz CT molecular complexity index is 847. The Morgan fingerprint density at radius 2 is 2.17 bits per heavy atom. The fraction of sp³-hybridized carbons (Fsp3) is 0.250. The van der Waals surface area contributed by atoms with Crippen molar-refractivity contribution < 1.29 is 9.53 Å². The normalized spacial score (nSPS) is 10.7. The van der Waals surface area contributed by atoms with E-state index >= 15 is 0 Å². The van der Waals surface area contributed by atoms with Crippen LogP contribution in [0.2, 0.25) is 0 Å². The van der Waals surface area contributed by atoms with Crippen LogP contribution < -0.4 is 10.1 Å². The largest absolute Gasteiger partial charge is 0.481 e. The molecule has 0 atom stereocenters. The fourth-order valence-electron chi connectivity index (χ4n) is 2.30. The number of nitrogens with one attached hydrogen (secondary N) is 1. The third-order valence-corrected chi connectivity index (χ3v) is 4.17. The van der Waals surface area contributed by atoms with E-state index in [0.29, 0.717) is 22.0 Å². The summed E-state index contributed by atoms with van der Waals surface area (Å²) in [4.78, 5) is 17.5. The molecule has 6 nitrogen and oxygen atoms in total. The van der Waals surface area contributed by atoms with Crippen LogP contribution in [0.4, 0.5) is 5.69 Å². The highest BCUT2D eigenvalue weighted by molar-refractivity contribution is 7.08. The molecule has 3 aromatic rings. The van der Waals surface area contributed by atoms with E-state index in [1.165, 1.54) is 0 Å². The van der Waals surface area contributed by atoms with Crippen molar-refractivity contribution in [2.45, 2.75) is 19.8 Å². The van der Waals surface area contributed by atoms with Gasteiger partial charge < -0.3 is 10.1 Å². The summed E-state index contributed by atoms with van der Waals surface area (Å²) in [6, 6.07) is 9.34. The molecule has 23 heavy (non-hydrogen) atoms. The van der Waals surface area contributed by atoms with Gasteiger partial charge in [-0.3, -0.25) is 4.79 Å². The second-order valence-electron chi connectivity index (χ2n) is 4.98. The molecule has 1 amide bonds. The maximum absolute atomic E-state index is 12.5. The topological polar surface area (TPSA) is 77.0 Å². The number of aryl methyl sites for hydroxylation is 1. The zero-order chi connectivity index (χ0) is 16.2. The van der Waals surface area contributed by atoms with Crippen molar-refractivity contribution in [2.24, 2.45) is 0 Å². The number of aromatic nitrogens is 3. The van der Waals surface area contributed by atoms with Crippen LogP contribution in [0.5, 0.6) is 5.88 Å². The number of hydrogen-bond acceptors (Lipinski definition) is 6. The van der Waals surface area contributed by atoms with Gasteiger partial charge in [0.15, 0.2) is 0 Å². The van der Waals surface area contributed by atoms with E-state index < -0.39 is 0 Å². The molecule has 1 N–H and O–H groups in total. The van der Waals surface area contributed by atoms with Crippen LogP contribution in [0.15, 0.2) is 30.3 Å². The number of rotatable bonds is 5. The quantitative estimate of drug-likeness (QED) is 0.777. The van der Waals surface area contributed by atoms with Gasteiger partial charge in [0.05, 0.1) is 24.0 Å². The van der Waals surface area contributed by atoms with Crippen molar-refractivity contribution in [2.75, 3.05) is 12.4 Å². The van der Waals surface area contributed by atoms with Crippen molar-refractivity contribution in [1.29, 1.82) is 0 Å². The molecule has 0 aliphatic rings. The molecule has 0 bridgehead atoms. The Balaban J connectivity index is 1.94. The van der Waals surface area contributed by atoms with Gasteiger partial charge in [-0.05, 0) is 30.1 Å². The lowest BCUT2D eigenvalue weighted by molar-refractivity contribution is 0.102. The number of hydrogen-bond donors (Lipinski definition) is 1. The van der Waals surface area contributed by atoms with E-state index in [2.05, 4.69) is 19.9 Å². The standard InChI is InChI=1S/C16H16N4O2S/c1-3-5-12-15(23-20-19-12)16(21)17-11-7-4-6-10-8-9-13(22-2)18-14(10)11/h4,6-9H,3,5H2,1-2H3,(H,17,21). The minimum atomic E-state index is -0.208. The highest BCUT2D eigenvalue weighted by Gasteiger charge is 2.17. The summed E-state index contributed by atoms with van der Waals surface area (Å²) in [5.74, 6) is 0.297. The fourth-order valence-corrected chi connectivity index (χ4v) is 2.91. The molecule has 0 spiro atoms. The van der Waals surface area contributed by atoms with Crippen LogP contribution in [-0.4, -0.2) is 27.6 Å². The van der Waals surface area contributed by atoms with E-state index in [1.807, 2.05) is 31.2 Å². The summed E-state index contributed by atoms with van der Waals surface area (Å²) in [7, 11) is 1.56. The van der Waals surface area contributed by atoms with Crippen molar-refractivity contribution >= 4 is 34.0 Å². The van der Waals surface area contributed by atoms with Gasteiger partial charge in [0.25, 0.3) is 5.91 Å². The smallest absolute Gasteiger partial charge is 0.269 e. The minimum absolute atomic E-state index is 0.208. The third kappa shape index (κ3) is 3.14. The minimum Gasteiger partial charge on any atom is -0.481 e. The molecule has 3 rings (SSSR count). The maximum Gasteiger partial charge on any atom is 0.269 e. The first-order valence-corrected chi connectivity index (χ1v) is 8.06. The Morgan fingerprint density at radius 1 is 1.30 bits per heavy atom. The average Bonchev–Trinajstić information content (AvgIpc) is 3.03. The van der Waals surface area contributed by atoms with Crippen LogP contribution in [0.25, 0.3) is 10.9 Å². The lowest BCUT2D eigenvalue weighted by Gasteiger charge is -2.08. The number of fused-ring (bicyclic) bond motifs is 1. The van der Waals surface area contributed by atoms with Crippen LogP contribution >= 0.6 is 11.5 Å². The summed E-state index contributed by atoms with van der Waals surface area (Å²) in [5.41, 5.74) is 2.07. The van der Waals surface area contributed by atoms with Gasteiger partial charge >= 0.3 is 0 Å². The summed E-state index contributed by atoms with van der Waals surface area (Å²) < 4.78 is 9.05.